The smallest absolute Gasteiger partial charge is 0.429 e. The summed E-state index contributed by atoms with van der Waals surface area (Å²) >= 11 is 0. The molecule has 0 amide bonds. The summed E-state index contributed by atoms with van der Waals surface area (Å²) in [6, 6.07) is 8.25. The molecule has 0 aromatic heterocycles. The maximum Gasteiger partial charge on any atom is 0.432 e. The number of hydrogen-bond donors (Lipinski definition) is 0. The lowest BCUT2D eigenvalue weighted by Gasteiger charge is -2.19. The van der Waals surface area contributed by atoms with Gasteiger partial charge in [0.1, 0.15) is 22.9 Å². The Bertz CT molecular complexity index is 558. The highest BCUT2D eigenvalue weighted by molar-refractivity contribution is 5.29. The zero-order valence-corrected chi connectivity index (χ0v) is 9.96. The molecule has 19 heavy (non-hydrogen) atoms. The van der Waals surface area contributed by atoms with E-state index in [2.05, 4.69) is 4.74 Å². The molecule has 2 aromatic rings. The van der Waals surface area contributed by atoms with Gasteiger partial charge in [-0.15, -0.1) is 0 Å². The van der Waals surface area contributed by atoms with Crippen LogP contribution in [0.3, 0.4) is 0 Å². The molecule has 0 saturated heterocycles. The highest BCUT2D eigenvalue weighted by Crippen LogP contribution is 2.34. The fourth-order valence-electron chi connectivity index (χ4n) is 1.58. The topological polar surface area (TPSA) is 9.23 Å². The molecule has 0 fully saturated rings. The van der Waals surface area contributed by atoms with Crippen LogP contribution >= 0.6 is 0 Å². The molecule has 5 heteroatoms. The van der Waals surface area contributed by atoms with Gasteiger partial charge < -0.3 is 4.74 Å². The average molecular weight is 270 g/mol. The van der Waals surface area contributed by atoms with E-state index in [0.717, 1.165) is 23.8 Å². The molecule has 0 spiro atoms. The number of ether oxygens (including phenoxy) is 1. The van der Waals surface area contributed by atoms with Crippen molar-refractivity contribution in [1.82, 2.24) is 0 Å². The molecule has 0 saturated carbocycles. The molecular formula is C14H10F4O. The number of rotatable bonds is 3. The fourth-order valence-corrected chi connectivity index (χ4v) is 1.58. The van der Waals surface area contributed by atoms with E-state index in [0.29, 0.717) is 0 Å². The third-order valence-electron chi connectivity index (χ3n) is 2.52. The van der Waals surface area contributed by atoms with Crippen molar-refractivity contribution < 1.29 is 22.3 Å². The summed E-state index contributed by atoms with van der Waals surface area (Å²) in [6.07, 6.45) is -4.08. The monoisotopic (exact) mass is 270 g/mol. The van der Waals surface area contributed by atoms with E-state index < -0.39 is 23.3 Å². The van der Waals surface area contributed by atoms with Gasteiger partial charge in [0, 0.05) is 0 Å². The number of hydrogen-bond acceptors (Lipinski definition) is 1. The normalized spacial score (nSPS) is 11.4. The van der Waals surface area contributed by atoms with Crippen molar-refractivity contribution in [3.05, 3.63) is 65.2 Å². The predicted octanol–water partition coefficient (Wildman–Crippen LogP) is 4.40. The van der Waals surface area contributed by atoms with E-state index in [1.165, 1.54) is 12.1 Å². The zero-order chi connectivity index (χ0) is 14.0. The highest BCUT2D eigenvalue weighted by Gasteiger charge is 2.40. The second kappa shape index (κ2) is 4.91. The van der Waals surface area contributed by atoms with E-state index in [1.807, 2.05) is 0 Å². The van der Waals surface area contributed by atoms with Gasteiger partial charge in [0.25, 0.3) is 0 Å². The Labute approximate surface area is 107 Å². The minimum atomic E-state index is -4.08. The summed E-state index contributed by atoms with van der Waals surface area (Å²) < 4.78 is 58.5. The maximum atomic E-state index is 13.8. The van der Waals surface area contributed by atoms with E-state index in [9.17, 15) is 17.6 Å². The summed E-state index contributed by atoms with van der Waals surface area (Å²) in [7, 11) is 0. The molecular weight excluding hydrogens is 260 g/mol. The molecule has 100 valence electrons. The van der Waals surface area contributed by atoms with Gasteiger partial charge in [0.05, 0.1) is 0 Å². The van der Waals surface area contributed by atoms with Crippen molar-refractivity contribution in [1.29, 1.82) is 0 Å². The fraction of sp³-hybridized carbons (Fsp3) is 0.143. The quantitative estimate of drug-likeness (QED) is 0.751. The van der Waals surface area contributed by atoms with Crippen LogP contribution < -0.4 is 4.74 Å². The molecule has 0 aliphatic carbocycles. The van der Waals surface area contributed by atoms with Crippen molar-refractivity contribution >= 4 is 0 Å². The van der Waals surface area contributed by atoms with Gasteiger partial charge in [0.15, 0.2) is 0 Å². The van der Waals surface area contributed by atoms with Crippen molar-refractivity contribution in [3.8, 4) is 5.75 Å². The Balaban J connectivity index is 2.34. The van der Waals surface area contributed by atoms with Crippen LogP contribution in [-0.2, 0) is 6.11 Å². The van der Waals surface area contributed by atoms with Gasteiger partial charge in [-0.05, 0) is 31.2 Å². The average Bonchev–Trinajstić information content (AvgIpc) is 2.31. The molecule has 0 heterocycles. The van der Waals surface area contributed by atoms with Crippen molar-refractivity contribution in [2.45, 2.75) is 13.0 Å². The summed E-state index contributed by atoms with van der Waals surface area (Å²) in [5, 5.41) is 0. The Hall–Kier alpha value is -2.04. The van der Waals surface area contributed by atoms with Crippen LogP contribution in [0.5, 0.6) is 5.75 Å². The minimum Gasteiger partial charge on any atom is -0.429 e. The molecule has 0 bridgehead atoms. The first-order valence-electron chi connectivity index (χ1n) is 5.48. The van der Waals surface area contributed by atoms with Crippen LogP contribution in [0, 0.1) is 18.6 Å². The van der Waals surface area contributed by atoms with Gasteiger partial charge >= 0.3 is 6.11 Å². The third-order valence-corrected chi connectivity index (χ3v) is 2.52. The SMILES string of the molecule is Cc1ccc(OC(F)(F)c2c(F)cccc2F)cc1. The van der Waals surface area contributed by atoms with Gasteiger partial charge in [-0.3, -0.25) is 0 Å². The number of alkyl halides is 2. The van der Waals surface area contributed by atoms with E-state index in [4.69, 9.17) is 0 Å². The van der Waals surface area contributed by atoms with Crippen LogP contribution in [0.1, 0.15) is 11.1 Å². The first kappa shape index (κ1) is 13.4. The Morgan fingerprint density at radius 2 is 1.42 bits per heavy atom. The lowest BCUT2D eigenvalue weighted by molar-refractivity contribution is -0.189. The van der Waals surface area contributed by atoms with E-state index >= 15 is 0 Å². The van der Waals surface area contributed by atoms with Crippen LogP contribution in [0.15, 0.2) is 42.5 Å². The Morgan fingerprint density at radius 3 is 1.95 bits per heavy atom. The molecule has 0 N–H and O–H groups in total. The van der Waals surface area contributed by atoms with Crippen molar-refractivity contribution in [2.24, 2.45) is 0 Å². The molecule has 2 aromatic carbocycles. The van der Waals surface area contributed by atoms with Crippen LogP contribution in [0.2, 0.25) is 0 Å². The molecule has 0 unspecified atom stereocenters. The first-order chi connectivity index (χ1) is 8.90. The van der Waals surface area contributed by atoms with Crippen LogP contribution in [0.25, 0.3) is 0 Å². The van der Waals surface area contributed by atoms with E-state index in [-0.39, 0.29) is 5.75 Å². The minimum absolute atomic E-state index is 0.168. The van der Waals surface area contributed by atoms with Gasteiger partial charge in [-0.25, -0.2) is 8.78 Å². The standard InChI is InChI=1S/C14H10F4O/c1-9-5-7-10(8-6-9)19-14(17,18)13-11(15)3-2-4-12(13)16/h2-8H,1H3. The van der Waals surface area contributed by atoms with Crippen molar-refractivity contribution in [2.75, 3.05) is 0 Å². The third kappa shape index (κ3) is 2.86. The first-order valence-corrected chi connectivity index (χ1v) is 5.48. The van der Waals surface area contributed by atoms with Crippen molar-refractivity contribution in [3.63, 3.8) is 0 Å². The zero-order valence-electron chi connectivity index (χ0n) is 9.96. The Morgan fingerprint density at radius 1 is 0.895 bits per heavy atom. The number of aryl methyl sites for hydroxylation is 1. The molecule has 0 atom stereocenters. The lowest BCUT2D eigenvalue weighted by Crippen LogP contribution is -2.25. The lowest BCUT2D eigenvalue weighted by atomic mass is 10.2. The number of halogens is 4. The Kier molecular flexibility index (Phi) is 3.46. The molecule has 0 aliphatic heterocycles. The summed E-state index contributed by atoms with van der Waals surface area (Å²) in [5.41, 5.74) is -0.539. The highest BCUT2D eigenvalue weighted by atomic mass is 19.3. The maximum absolute atomic E-state index is 13.8. The summed E-state index contributed by atoms with van der Waals surface area (Å²) in [5.74, 6) is -2.87. The molecule has 0 radical (unpaired) electrons. The van der Waals surface area contributed by atoms with Crippen LogP contribution in [0.4, 0.5) is 17.6 Å². The largest absolute Gasteiger partial charge is 0.432 e. The summed E-state index contributed by atoms with van der Waals surface area (Å²) in [4.78, 5) is 0. The predicted molar refractivity (Wildman–Crippen MR) is 62.1 cm³/mol. The molecule has 0 aliphatic rings. The number of benzene rings is 2. The van der Waals surface area contributed by atoms with Gasteiger partial charge in [-0.1, -0.05) is 23.8 Å². The van der Waals surface area contributed by atoms with Gasteiger partial charge in [-0.2, -0.15) is 8.78 Å². The summed E-state index contributed by atoms with van der Waals surface area (Å²) in [6.45, 7) is 1.78. The molecule has 1 nitrogen and oxygen atoms in total. The van der Waals surface area contributed by atoms with Gasteiger partial charge in [0.2, 0.25) is 0 Å². The van der Waals surface area contributed by atoms with Crippen LogP contribution in [-0.4, -0.2) is 0 Å². The second-order valence-corrected chi connectivity index (χ2v) is 4.03. The van der Waals surface area contributed by atoms with E-state index in [1.54, 1.807) is 19.1 Å². The second-order valence-electron chi connectivity index (χ2n) is 4.03. The molecule has 2 rings (SSSR count).